The first kappa shape index (κ1) is 21.9. The van der Waals surface area contributed by atoms with Gasteiger partial charge in [0.05, 0.1) is 21.7 Å². The van der Waals surface area contributed by atoms with Gasteiger partial charge >= 0.3 is 0 Å². The van der Waals surface area contributed by atoms with Crippen LogP contribution in [0.25, 0.3) is 22.3 Å². The quantitative estimate of drug-likeness (QED) is 0.348. The summed E-state index contributed by atoms with van der Waals surface area (Å²) in [4.78, 5) is 17.4. The Kier molecular flexibility index (Phi) is 6.36. The lowest BCUT2D eigenvalue weighted by Crippen LogP contribution is -2.22. The van der Waals surface area contributed by atoms with Crippen LogP contribution < -0.4 is 5.56 Å². The predicted molar refractivity (Wildman–Crippen MR) is 127 cm³/mol. The van der Waals surface area contributed by atoms with Crippen molar-refractivity contribution in [3.63, 3.8) is 0 Å². The van der Waals surface area contributed by atoms with Crippen molar-refractivity contribution in [3.05, 3.63) is 68.7 Å². The molecule has 0 unspecified atom stereocenters. The molecule has 0 atom stereocenters. The van der Waals surface area contributed by atoms with E-state index in [1.54, 1.807) is 29.8 Å². The molecule has 2 aromatic carbocycles. The molecule has 160 valence electrons. The molecule has 0 fully saturated rings. The Hall–Kier alpha value is -2.35. The average molecular weight is 474 g/mol. The second-order valence-corrected chi connectivity index (χ2v) is 9.42. The summed E-state index contributed by atoms with van der Waals surface area (Å²) in [5.74, 6) is 2.24. The molecule has 4 rings (SSSR count). The van der Waals surface area contributed by atoms with Crippen molar-refractivity contribution in [2.24, 2.45) is 13.0 Å². The first-order chi connectivity index (χ1) is 14.8. The summed E-state index contributed by atoms with van der Waals surface area (Å²) in [5.41, 5.74) is 1.42. The van der Waals surface area contributed by atoms with E-state index < -0.39 is 0 Å². The lowest BCUT2D eigenvalue weighted by Gasteiger charge is -2.14. The van der Waals surface area contributed by atoms with Crippen LogP contribution in [0.15, 0.2) is 52.4 Å². The number of hydrogen-bond donors (Lipinski definition) is 0. The fourth-order valence-electron chi connectivity index (χ4n) is 3.32. The van der Waals surface area contributed by atoms with Crippen molar-refractivity contribution < 1.29 is 0 Å². The molecule has 31 heavy (non-hydrogen) atoms. The van der Waals surface area contributed by atoms with E-state index in [9.17, 15) is 4.79 Å². The molecule has 4 aromatic rings. The summed E-state index contributed by atoms with van der Waals surface area (Å²) in [6.07, 6.45) is 0. The number of para-hydroxylation sites is 1. The Morgan fingerprint density at radius 3 is 2.61 bits per heavy atom. The zero-order valence-corrected chi connectivity index (χ0v) is 19.7. The molecule has 0 aliphatic rings. The molecule has 0 saturated carbocycles. The van der Waals surface area contributed by atoms with Gasteiger partial charge in [-0.25, -0.2) is 4.98 Å². The molecule has 0 amide bonds. The maximum absolute atomic E-state index is 12.7. The van der Waals surface area contributed by atoms with Gasteiger partial charge in [-0.05, 0) is 36.2 Å². The molecule has 0 bridgehead atoms. The van der Waals surface area contributed by atoms with E-state index in [0.29, 0.717) is 44.3 Å². The van der Waals surface area contributed by atoms with Crippen LogP contribution in [0.2, 0.25) is 10.0 Å². The summed E-state index contributed by atoms with van der Waals surface area (Å²) in [5, 5.41) is 11.3. The zero-order chi connectivity index (χ0) is 22.1. The van der Waals surface area contributed by atoms with Crippen LogP contribution >= 0.6 is 35.0 Å². The first-order valence-corrected chi connectivity index (χ1v) is 11.6. The van der Waals surface area contributed by atoms with Crippen molar-refractivity contribution in [1.29, 1.82) is 0 Å². The molecule has 2 aromatic heterocycles. The van der Waals surface area contributed by atoms with Crippen LogP contribution in [-0.2, 0) is 19.3 Å². The third-order valence-electron chi connectivity index (χ3n) is 4.84. The van der Waals surface area contributed by atoms with Gasteiger partial charge in [-0.1, -0.05) is 60.9 Å². The van der Waals surface area contributed by atoms with Crippen LogP contribution in [-0.4, -0.2) is 24.3 Å². The van der Waals surface area contributed by atoms with Gasteiger partial charge in [0, 0.05) is 24.2 Å². The van der Waals surface area contributed by atoms with Crippen molar-refractivity contribution >= 4 is 45.9 Å². The largest absolute Gasteiger partial charge is 0.302 e. The molecular formula is C22H21Cl2N5OS. The Balaban J connectivity index is 1.69. The minimum Gasteiger partial charge on any atom is -0.302 e. The third-order valence-corrected chi connectivity index (χ3v) is 6.35. The van der Waals surface area contributed by atoms with E-state index in [0.717, 1.165) is 17.3 Å². The molecule has 9 heteroatoms. The van der Waals surface area contributed by atoms with Gasteiger partial charge in [0.2, 0.25) is 0 Å². The highest BCUT2D eigenvalue weighted by molar-refractivity contribution is 7.98. The maximum atomic E-state index is 12.7. The third kappa shape index (κ3) is 4.49. The van der Waals surface area contributed by atoms with Gasteiger partial charge in [-0.15, -0.1) is 10.2 Å². The minimum atomic E-state index is -0.0570. The summed E-state index contributed by atoms with van der Waals surface area (Å²) >= 11 is 14.0. The number of thioether (sulfide) groups is 1. The van der Waals surface area contributed by atoms with E-state index in [-0.39, 0.29) is 5.56 Å². The smallest absolute Gasteiger partial charge is 0.261 e. The SMILES string of the molecule is CC(C)Cn1c(SCc2nc3ccccc3c(=O)n2C)nnc1-c1ccc(Cl)cc1Cl. The molecule has 0 aliphatic carbocycles. The van der Waals surface area contributed by atoms with Crippen molar-refractivity contribution in [2.45, 2.75) is 31.3 Å². The second kappa shape index (κ2) is 9.02. The second-order valence-electron chi connectivity index (χ2n) is 7.63. The highest BCUT2D eigenvalue weighted by atomic mass is 35.5. The lowest BCUT2D eigenvalue weighted by atomic mass is 10.2. The molecule has 2 heterocycles. The number of rotatable bonds is 6. The highest BCUT2D eigenvalue weighted by Crippen LogP contribution is 2.32. The molecule has 6 nitrogen and oxygen atoms in total. The number of hydrogen-bond acceptors (Lipinski definition) is 5. The summed E-state index contributed by atoms with van der Waals surface area (Å²) in [6.45, 7) is 5.00. The summed E-state index contributed by atoms with van der Waals surface area (Å²) in [7, 11) is 1.75. The normalized spacial score (nSPS) is 11.5. The van der Waals surface area contributed by atoms with Gasteiger partial charge in [0.25, 0.3) is 5.56 Å². The van der Waals surface area contributed by atoms with Gasteiger partial charge in [-0.3, -0.25) is 9.36 Å². The van der Waals surface area contributed by atoms with Gasteiger partial charge in [-0.2, -0.15) is 0 Å². The summed E-state index contributed by atoms with van der Waals surface area (Å²) < 4.78 is 3.65. The van der Waals surface area contributed by atoms with Crippen molar-refractivity contribution in [2.75, 3.05) is 0 Å². The van der Waals surface area contributed by atoms with Crippen LogP contribution in [0.5, 0.6) is 0 Å². The molecule has 0 aliphatic heterocycles. The van der Waals surface area contributed by atoms with Crippen LogP contribution in [0.1, 0.15) is 19.7 Å². The number of halogens is 2. The molecule has 0 radical (unpaired) electrons. The fraction of sp³-hybridized carbons (Fsp3) is 0.273. The fourth-order valence-corrected chi connectivity index (χ4v) is 4.74. The van der Waals surface area contributed by atoms with Gasteiger partial charge in [0.15, 0.2) is 11.0 Å². The Labute approximate surface area is 194 Å². The van der Waals surface area contributed by atoms with Crippen molar-refractivity contribution in [3.8, 4) is 11.4 Å². The van der Waals surface area contributed by atoms with Crippen LogP contribution in [0.3, 0.4) is 0 Å². The number of fused-ring (bicyclic) bond motifs is 1. The van der Waals surface area contributed by atoms with Gasteiger partial charge < -0.3 is 4.57 Å². The van der Waals surface area contributed by atoms with E-state index in [1.165, 1.54) is 11.8 Å². The minimum absolute atomic E-state index is 0.0570. The van der Waals surface area contributed by atoms with E-state index in [4.69, 9.17) is 23.2 Å². The molecule has 0 spiro atoms. The zero-order valence-electron chi connectivity index (χ0n) is 17.3. The Morgan fingerprint density at radius 2 is 1.87 bits per heavy atom. The van der Waals surface area contributed by atoms with E-state index >= 15 is 0 Å². The predicted octanol–water partition coefficient (Wildman–Crippen LogP) is 5.45. The summed E-state index contributed by atoms with van der Waals surface area (Å²) in [6, 6.07) is 12.7. The standard InChI is InChI=1S/C22H21Cl2N5OS/c1-13(2)11-29-20(15-9-8-14(23)10-17(15)24)26-27-22(29)31-12-19-25-18-7-5-4-6-16(18)21(30)28(19)3/h4-10,13H,11-12H2,1-3H3. The highest BCUT2D eigenvalue weighted by Gasteiger charge is 2.19. The van der Waals surface area contributed by atoms with Crippen molar-refractivity contribution in [1.82, 2.24) is 24.3 Å². The Morgan fingerprint density at radius 1 is 1.10 bits per heavy atom. The first-order valence-electron chi connectivity index (χ1n) is 9.81. The molecular weight excluding hydrogens is 453 g/mol. The monoisotopic (exact) mass is 473 g/mol. The maximum Gasteiger partial charge on any atom is 0.261 e. The Bertz CT molecular complexity index is 1320. The van der Waals surface area contributed by atoms with E-state index in [1.807, 2.05) is 24.3 Å². The average Bonchev–Trinajstić information content (AvgIpc) is 3.11. The topological polar surface area (TPSA) is 65.6 Å². The number of aromatic nitrogens is 5. The van der Waals surface area contributed by atoms with Crippen LogP contribution in [0.4, 0.5) is 0 Å². The lowest BCUT2D eigenvalue weighted by molar-refractivity contribution is 0.498. The van der Waals surface area contributed by atoms with Crippen LogP contribution in [0, 0.1) is 5.92 Å². The number of benzene rings is 2. The molecule has 0 N–H and O–H groups in total. The molecule has 0 saturated heterocycles. The van der Waals surface area contributed by atoms with Gasteiger partial charge in [0.1, 0.15) is 5.82 Å². The van der Waals surface area contributed by atoms with E-state index in [2.05, 4.69) is 33.6 Å². The number of nitrogens with zero attached hydrogens (tertiary/aromatic N) is 5.